The highest BCUT2D eigenvalue weighted by atomic mass is 35.5. The van der Waals surface area contributed by atoms with E-state index in [-0.39, 0.29) is 43.7 Å². The summed E-state index contributed by atoms with van der Waals surface area (Å²) in [5.74, 6) is 0.289. The van der Waals surface area contributed by atoms with Crippen molar-refractivity contribution in [3.8, 4) is 5.75 Å². The zero-order valence-corrected chi connectivity index (χ0v) is 28.0. The van der Waals surface area contributed by atoms with Crippen LogP contribution >= 0.6 is 23.2 Å². The van der Waals surface area contributed by atoms with E-state index in [2.05, 4.69) is 5.32 Å². The number of rotatable bonds is 16. The summed E-state index contributed by atoms with van der Waals surface area (Å²) in [6.45, 7) is 6.99. The SMILES string of the molecule is CCOc1ccc(N(CCCC(=O)N(Cc2ccc(Cl)cc2Cl)[C@@H](Cc2ccccc2)C(=O)NCC(C)C)S(C)(=O)=O)cc1. The number of anilines is 1. The standard InChI is InChI=1S/C33H41Cl2N3O5S/c1-5-43-29-17-15-28(16-18-29)38(44(4,41)42)19-9-12-32(39)37(23-26-13-14-27(34)21-30(26)35)31(33(40)36-22-24(2)3)20-25-10-7-6-8-11-25/h6-8,10-11,13-18,21,24,31H,5,9,12,19-20,22-23H2,1-4H3,(H,36,40)/t31-/m0/s1. The molecule has 0 saturated heterocycles. The zero-order valence-electron chi connectivity index (χ0n) is 25.6. The van der Waals surface area contributed by atoms with Crippen LogP contribution in [0.2, 0.25) is 10.0 Å². The molecule has 3 aromatic carbocycles. The van der Waals surface area contributed by atoms with Crippen LogP contribution in [0.4, 0.5) is 5.69 Å². The lowest BCUT2D eigenvalue weighted by atomic mass is 10.0. The van der Waals surface area contributed by atoms with Crippen molar-refractivity contribution in [1.82, 2.24) is 10.2 Å². The van der Waals surface area contributed by atoms with Gasteiger partial charge in [-0.25, -0.2) is 8.42 Å². The second-order valence-corrected chi connectivity index (χ2v) is 13.7. The number of nitrogens with one attached hydrogen (secondary N) is 1. The summed E-state index contributed by atoms with van der Waals surface area (Å²) in [7, 11) is -3.63. The number of hydrogen-bond donors (Lipinski definition) is 1. The molecule has 2 amide bonds. The van der Waals surface area contributed by atoms with Gasteiger partial charge >= 0.3 is 0 Å². The van der Waals surface area contributed by atoms with Crippen LogP contribution in [0.15, 0.2) is 72.8 Å². The Balaban J connectivity index is 1.89. The van der Waals surface area contributed by atoms with E-state index in [1.807, 2.05) is 51.1 Å². The molecule has 0 bridgehead atoms. The van der Waals surface area contributed by atoms with Gasteiger partial charge in [-0.05, 0) is 66.8 Å². The molecule has 8 nitrogen and oxygen atoms in total. The highest BCUT2D eigenvalue weighted by molar-refractivity contribution is 7.92. The zero-order chi connectivity index (χ0) is 32.3. The van der Waals surface area contributed by atoms with Crippen LogP contribution in [-0.4, -0.2) is 57.1 Å². The number of hydrogen-bond acceptors (Lipinski definition) is 5. The van der Waals surface area contributed by atoms with Crippen molar-refractivity contribution in [3.63, 3.8) is 0 Å². The number of sulfonamides is 1. The molecule has 0 aliphatic heterocycles. The van der Waals surface area contributed by atoms with Gasteiger partial charge in [0.25, 0.3) is 0 Å². The first kappa shape index (κ1) is 35.2. The van der Waals surface area contributed by atoms with Crippen LogP contribution in [-0.2, 0) is 32.6 Å². The van der Waals surface area contributed by atoms with E-state index in [1.165, 1.54) is 4.31 Å². The summed E-state index contributed by atoms with van der Waals surface area (Å²) in [5, 5.41) is 3.84. The van der Waals surface area contributed by atoms with Gasteiger partial charge in [-0.15, -0.1) is 0 Å². The van der Waals surface area contributed by atoms with Crippen LogP contribution < -0.4 is 14.4 Å². The van der Waals surface area contributed by atoms with Gasteiger partial charge in [0.15, 0.2) is 0 Å². The van der Waals surface area contributed by atoms with Crippen molar-refractivity contribution in [2.24, 2.45) is 5.92 Å². The second kappa shape index (κ2) is 16.7. The van der Waals surface area contributed by atoms with Crippen LogP contribution in [0.25, 0.3) is 0 Å². The Hall–Kier alpha value is -3.27. The number of ether oxygens (including phenoxy) is 1. The van der Waals surface area contributed by atoms with Crippen molar-refractivity contribution < 1.29 is 22.7 Å². The van der Waals surface area contributed by atoms with Crippen molar-refractivity contribution in [1.29, 1.82) is 0 Å². The predicted molar refractivity (Wildman–Crippen MR) is 178 cm³/mol. The Morgan fingerprint density at radius 1 is 0.977 bits per heavy atom. The highest BCUT2D eigenvalue weighted by Crippen LogP contribution is 2.26. The Kier molecular flexibility index (Phi) is 13.4. The summed E-state index contributed by atoms with van der Waals surface area (Å²) in [6.07, 6.45) is 1.67. The lowest BCUT2D eigenvalue weighted by Crippen LogP contribution is -2.51. The van der Waals surface area contributed by atoms with Gasteiger partial charge in [-0.3, -0.25) is 13.9 Å². The van der Waals surface area contributed by atoms with Gasteiger partial charge in [-0.2, -0.15) is 0 Å². The Morgan fingerprint density at radius 2 is 1.66 bits per heavy atom. The molecule has 0 aliphatic carbocycles. The summed E-state index contributed by atoms with van der Waals surface area (Å²) < 4.78 is 32.2. The fourth-order valence-corrected chi connectivity index (χ4v) is 6.12. The Labute approximate surface area is 271 Å². The van der Waals surface area contributed by atoms with Gasteiger partial charge in [0, 0.05) is 42.5 Å². The molecule has 0 aliphatic rings. The fourth-order valence-electron chi connectivity index (χ4n) is 4.69. The van der Waals surface area contributed by atoms with Gasteiger partial charge in [0.2, 0.25) is 21.8 Å². The molecule has 238 valence electrons. The summed E-state index contributed by atoms with van der Waals surface area (Å²) in [6, 6.07) is 20.5. The Bertz CT molecular complexity index is 1490. The minimum absolute atomic E-state index is 0.0109. The molecular formula is C33H41Cl2N3O5S. The molecule has 0 spiro atoms. The van der Waals surface area contributed by atoms with Gasteiger partial charge < -0.3 is 15.0 Å². The topological polar surface area (TPSA) is 96.0 Å². The number of carbonyl (C=O) groups excluding carboxylic acids is 2. The first-order valence-corrected chi connectivity index (χ1v) is 17.2. The average Bonchev–Trinajstić information content (AvgIpc) is 2.97. The highest BCUT2D eigenvalue weighted by Gasteiger charge is 2.31. The monoisotopic (exact) mass is 661 g/mol. The molecular weight excluding hydrogens is 621 g/mol. The summed E-state index contributed by atoms with van der Waals surface area (Å²) >= 11 is 12.6. The van der Waals surface area contributed by atoms with Crippen molar-refractivity contribution in [2.45, 2.75) is 52.6 Å². The fraction of sp³-hybridized carbons (Fsp3) is 0.394. The Morgan fingerprint density at radius 3 is 2.25 bits per heavy atom. The first-order valence-electron chi connectivity index (χ1n) is 14.6. The van der Waals surface area contributed by atoms with Crippen LogP contribution in [0.3, 0.4) is 0 Å². The summed E-state index contributed by atoms with van der Waals surface area (Å²) in [4.78, 5) is 29.2. The largest absolute Gasteiger partial charge is 0.494 e. The molecule has 0 radical (unpaired) electrons. The van der Waals surface area contributed by atoms with E-state index in [0.717, 1.165) is 11.8 Å². The molecule has 0 fully saturated rings. The third-order valence-corrected chi connectivity index (χ3v) is 8.68. The first-order chi connectivity index (χ1) is 20.9. The van der Waals surface area contributed by atoms with Crippen LogP contribution in [0.5, 0.6) is 5.75 Å². The third kappa shape index (κ3) is 10.7. The minimum atomic E-state index is -3.63. The second-order valence-electron chi connectivity index (χ2n) is 11.0. The van der Waals surface area contributed by atoms with E-state index >= 15 is 0 Å². The molecule has 0 unspecified atom stereocenters. The number of benzene rings is 3. The average molecular weight is 663 g/mol. The molecule has 11 heteroatoms. The molecule has 0 saturated carbocycles. The number of amides is 2. The molecule has 0 aromatic heterocycles. The summed E-state index contributed by atoms with van der Waals surface area (Å²) in [5.41, 5.74) is 2.02. The lowest BCUT2D eigenvalue weighted by molar-refractivity contribution is -0.141. The number of carbonyl (C=O) groups is 2. The maximum Gasteiger partial charge on any atom is 0.243 e. The minimum Gasteiger partial charge on any atom is -0.494 e. The van der Waals surface area contributed by atoms with Crippen molar-refractivity contribution in [3.05, 3.63) is 94.0 Å². The normalized spacial score (nSPS) is 12.1. The maximum absolute atomic E-state index is 14.0. The smallest absolute Gasteiger partial charge is 0.243 e. The van der Waals surface area contributed by atoms with Crippen molar-refractivity contribution in [2.75, 3.05) is 30.3 Å². The van der Waals surface area contributed by atoms with E-state index in [0.29, 0.717) is 46.6 Å². The number of halogens is 2. The van der Waals surface area contributed by atoms with Crippen molar-refractivity contribution >= 4 is 50.7 Å². The molecule has 1 N–H and O–H groups in total. The lowest BCUT2D eigenvalue weighted by Gasteiger charge is -2.32. The molecule has 44 heavy (non-hydrogen) atoms. The van der Waals surface area contributed by atoms with E-state index in [1.54, 1.807) is 47.4 Å². The van der Waals surface area contributed by atoms with Crippen LogP contribution in [0, 0.1) is 5.92 Å². The van der Waals surface area contributed by atoms with Crippen LogP contribution in [0.1, 0.15) is 44.7 Å². The molecule has 1 atom stereocenters. The number of nitrogens with zero attached hydrogens (tertiary/aromatic N) is 2. The van der Waals surface area contributed by atoms with Gasteiger partial charge in [-0.1, -0.05) is 73.4 Å². The molecule has 0 heterocycles. The van der Waals surface area contributed by atoms with E-state index in [4.69, 9.17) is 27.9 Å². The predicted octanol–water partition coefficient (Wildman–Crippen LogP) is 6.35. The van der Waals surface area contributed by atoms with Gasteiger partial charge in [0.1, 0.15) is 11.8 Å². The molecule has 3 rings (SSSR count). The molecule has 3 aromatic rings. The quantitative estimate of drug-likeness (QED) is 0.193. The third-order valence-electron chi connectivity index (χ3n) is 6.90. The van der Waals surface area contributed by atoms with E-state index in [9.17, 15) is 18.0 Å². The van der Waals surface area contributed by atoms with E-state index < -0.39 is 16.1 Å². The maximum atomic E-state index is 14.0. The van der Waals surface area contributed by atoms with Gasteiger partial charge in [0.05, 0.1) is 18.6 Å².